The van der Waals surface area contributed by atoms with Crippen LogP contribution in [0.5, 0.6) is 0 Å². The second-order valence-electron chi connectivity index (χ2n) is 9.06. The lowest BCUT2D eigenvalue weighted by Gasteiger charge is -2.21. The van der Waals surface area contributed by atoms with Gasteiger partial charge in [-0.2, -0.15) is 0 Å². The minimum atomic E-state index is -0.621. The molecular formula is C26H32N4O5. The van der Waals surface area contributed by atoms with Crippen molar-refractivity contribution in [2.45, 2.75) is 45.3 Å². The van der Waals surface area contributed by atoms with Gasteiger partial charge >= 0.3 is 12.2 Å². The largest absolute Gasteiger partial charge is 0.449 e. The average molecular weight is 481 g/mol. The Morgan fingerprint density at radius 3 is 2.20 bits per heavy atom. The molecule has 2 amide bonds. The van der Waals surface area contributed by atoms with Crippen LogP contribution in [0.1, 0.15) is 44.7 Å². The number of alkyl carbamates (subject to hydrolysis) is 2. The van der Waals surface area contributed by atoms with Gasteiger partial charge < -0.3 is 24.9 Å². The van der Waals surface area contributed by atoms with Gasteiger partial charge in [0.15, 0.2) is 5.84 Å². The Balaban J connectivity index is 1.42. The molecule has 3 rings (SSSR count). The van der Waals surface area contributed by atoms with Crippen molar-refractivity contribution >= 4 is 24.7 Å². The first-order chi connectivity index (χ1) is 16.7. The molecule has 9 heteroatoms. The number of hydrogen-bond acceptors (Lipinski definition) is 6. The Hall–Kier alpha value is -3.88. The molecule has 0 heterocycles. The lowest BCUT2D eigenvalue weighted by atomic mass is 9.98. The van der Waals surface area contributed by atoms with E-state index in [4.69, 9.17) is 14.3 Å². The Bertz CT molecular complexity index is 1050. The van der Waals surface area contributed by atoms with Crippen LogP contribution in [0.3, 0.4) is 0 Å². The molecule has 0 saturated heterocycles. The molecule has 1 atom stereocenters. The number of nitrogens with zero attached hydrogens (tertiary/aromatic N) is 2. The van der Waals surface area contributed by atoms with Gasteiger partial charge in [0.05, 0.1) is 12.6 Å². The number of benzene rings is 2. The van der Waals surface area contributed by atoms with Crippen molar-refractivity contribution in [1.29, 1.82) is 0 Å². The van der Waals surface area contributed by atoms with Crippen molar-refractivity contribution in [2.75, 3.05) is 19.8 Å². The molecule has 2 aromatic carbocycles. The van der Waals surface area contributed by atoms with Crippen LogP contribution in [0.2, 0.25) is 0 Å². The first-order valence-corrected chi connectivity index (χ1v) is 11.4. The SMILES string of the molecule is C=N/C(=N\OCCNC(=O)OCC1c2ccccc2-c2ccccc21)C(C)NC(=O)OC(C)(C)C. The van der Waals surface area contributed by atoms with Gasteiger partial charge in [0, 0.05) is 5.92 Å². The van der Waals surface area contributed by atoms with Gasteiger partial charge in [-0.15, -0.1) is 0 Å². The summed E-state index contributed by atoms with van der Waals surface area (Å²) in [6.45, 7) is 10.9. The van der Waals surface area contributed by atoms with Gasteiger partial charge in [0.25, 0.3) is 0 Å². The molecule has 0 radical (unpaired) electrons. The predicted octanol–water partition coefficient (Wildman–Crippen LogP) is 4.47. The molecule has 0 aromatic heterocycles. The standard InChI is InChI=1S/C26H32N4O5/c1-17(29-25(32)35-26(2,3)4)23(27-5)30-34-15-14-28-24(31)33-16-22-20-12-8-6-10-18(20)19-11-7-9-13-21(19)22/h6-13,17,22H,5,14-16H2,1-4H3,(H,28,31)(H,29,32)/b30-23-. The molecule has 0 fully saturated rings. The molecule has 0 saturated carbocycles. The summed E-state index contributed by atoms with van der Waals surface area (Å²) in [5.41, 5.74) is 4.02. The molecule has 0 aliphatic heterocycles. The number of hydrogen-bond donors (Lipinski definition) is 2. The van der Waals surface area contributed by atoms with Gasteiger partial charge in [0.1, 0.15) is 18.8 Å². The van der Waals surface area contributed by atoms with Crippen LogP contribution >= 0.6 is 0 Å². The third kappa shape index (κ3) is 7.05. The van der Waals surface area contributed by atoms with Crippen LogP contribution in [-0.2, 0) is 14.3 Å². The lowest BCUT2D eigenvalue weighted by molar-refractivity contribution is 0.0519. The van der Waals surface area contributed by atoms with Crippen LogP contribution in [0.25, 0.3) is 11.1 Å². The number of oxime groups is 1. The maximum atomic E-state index is 12.2. The van der Waals surface area contributed by atoms with E-state index >= 15 is 0 Å². The van der Waals surface area contributed by atoms with E-state index in [0.717, 1.165) is 11.1 Å². The minimum absolute atomic E-state index is 0.00538. The molecule has 35 heavy (non-hydrogen) atoms. The van der Waals surface area contributed by atoms with Gasteiger partial charge in [-0.25, -0.2) is 14.6 Å². The minimum Gasteiger partial charge on any atom is -0.449 e. The average Bonchev–Trinajstić information content (AvgIpc) is 3.12. The van der Waals surface area contributed by atoms with Crippen molar-refractivity contribution in [1.82, 2.24) is 10.6 Å². The van der Waals surface area contributed by atoms with Crippen LogP contribution in [-0.4, -0.2) is 56.1 Å². The first kappa shape index (κ1) is 25.7. The van der Waals surface area contributed by atoms with E-state index in [0.29, 0.717) is 0 Å². The summed E-state index contributed by atoms with van der Waals surface area (Å²) >= 11 is 0. The van der Waals surface area contributed by atoms with Crippen molar-refractivity contribution in [3.05, 3.63) is 59.7 Å². The number of amidine groups is 1. The molecule has 1 unspecified atom stereocenters. The second kappa shape index (κ2) is 11.5. The topological polar surface area (TPSA) is 111 Å². The molecule has 1 aliphatic carbocycles. The van der Waals surface area contributed by atoms with Crippen LogP contribution < -0.4 is 10.6 Å². The highest BCUT2D eigenvalue weighted by Gasteiger charge is 2.29. The molecule has 0 spiro atoms. The van der Waals surface area contributed by atoms with Crippen molar-refractivity contribution in [2.24, 2.45) is 10.1 Å². The highest BCUT2D eigenvalue weighted by molar-refractivity contribution is 5.92. The number of nitrogens with one attached hydrogen (secondary N) is 2. The number of rotatable bonds is 8. The van der Waals surface area contributed by atoms with Crippen LogP contribution in [0, 0.1) is 0 Å². The van der Waals surface area contributed by atoms with Crippen molar-refractivity contribution < 1.29 is 23.9 Å². The summed E-state index contributed by atoms with van der Waals surface area (Å²) in [6, 6.07) is 15.7. The monoisotopic (exact) mass is 480 g/mol. The summed E-state index contributed by atoms with van der Waals surface area (Å²) < 4.78 is 10.7. The predicted molar refractivity (Wildman–Crippen MR) is 135 cm³/mol. The second-order valence-corrected chi connectivity index (χ2v) is 9.06. The summed E-state index contributed by atoms with van der Waals surface area (Å²) in [6.07, 6.45) is -1.14. The molecule has 2 aromatic rings. The quantitative estimate of drug-likeness (QED) is 0.251. The van der Waals surface area contributed by atoms with Crippen LogP contribution in [0.15, 0.2) is 58.7 Å². The molecule has 186 valence electrons. The molecule has 2 N–H and O–H groups in total. The van der Waals surface area contributed by atoms with E-state index in [9.17, 15) is 9.59 Å². The third-order valence-electron chi connectivity index (χ3n) is 5.25. The highest BCUT2D eigenvalue weighted by atomic mass is 16.6. The van der Waals surface area contributed by atoms with E-state index in [1.54, 1.807) is 27.7 Å². The number of aliphatic imine (C=N–C) groups is 1. The Labute approximate surface area is 205 Å². The van der Waals surface area contributed by atoms with Crippen molar-refractivity contribution in [3.63, 3.8) is 0 Å². The molecule has 1 aliphatic rings. The molecular weight excluding hydrogens is 448 g/mol. The zero-order valence-corrected chi connectivity index (χ0v) is 20.5. The van der Waals surface area contributed by atoms with Crippen LogP contribution in [0.4, 0.5) is 9.59 Å². The molecule has 0 bridgehead atoms. The highest BCUT2D eigenvalue weighted by Crippen LogP contribution is 2.44. The zero-order chi connectivity index (χ0) is 25.4. The lowest BCUT2D eigenvalue weighted by Crippen LogP contribution is -2.41. The fourth-order valence-electron chi connectivity index (χ4n) is 3.75. The van der Waals surface area contributed by atoms with Gasteiger partial charge in [-0.3, -0.25) is 0 Å². The Kier molecular flexibility index (Phi) is 8.46. The summed E-state index contributed by atoms with van der Waals surface area (Å²) in [4.78, 5) is 33.1. The van der Waals surface area contributed by atoms with Gasteiger partial charge in [-0.05, 0) is 56.7 Å². The maximum Gasteiger partial charge on any atom is 0.408 e. The van der Waals surface area contributed by atoms with E-state index in [-0.39, 0.29) is 31.5 Å². The number of ether oxygens (including phenoxy) is 2. The van der Waals surface area contributed by atoms with Gasteiger partial charge in [-0.1, -0.05) is 53.7 Å². The van der Waals surface area contributed by atoms with Gasteiger partial charge in [0.2, 0.25) is 0 Å². The summed E-state index contributed by atoms with van der Waals surface area (Å²) in [7, 11) is 0. The first-order valence-electron chi connectivity index (χ1n) is 11.4. The number of fused-ring (bicyclic) bond motifs is 3. The summed E-state index contributed by atoms with van der Waals surface area (Å²) in [5, 5.41) is 9.12. The smallest absolute Gasteiger partial charge is 0.408 e. The maximum absolute atomic E-state index is 12.2. The zero-order valence-electron chi connectivity index (χ0n) is 20.5. The van der Waals surface area contributed by atoms with E-state index in [1.165, 1.54) is 11.1 Å². The third-order valence-corrected chi connectivity index (χ3v) is 5.25. The fourth-order valence-corrected chi connectivity index (χ4v) is 3.75. The summed E-state index contributed by atoms with van der Waals surface area (Å²) in [5.74, 6) is 0.172. The number of carbonyl (C=O) groups excluding carboxylic acids is 2. The molecule has 9 nitrogen and oxygen atoms in total. The number of carbonyl (C=O) groups is 2. The Morgan fingerprint density at radius 2 is 1.63 bits per heavy atom. The van der Waals surface area contributed by atoms with E-state index in [2.05, 4.69) is 51.8 Å². The normalized spacial score (nSPS) is 13.8. The number of amides is 2. The van der Waals surface area contributed by atoms with E-state index in [1.807, 2.05) is 24.3 Å². The Morgan fingerprint density at radius 1 is 1.03 bits per heavy atom. The van der Waals surface area contributed by atoms with Crippen molar-refractivity contribution in [3.8, 4) is 11.1 Å². The van der Waals surface area contributed by atoms with E-state index < -0.39 is 23.8 Å². The fraction of sp³-hybridized carbons (Fsp3) is 0.385.